The molecule has 88 valence electrons. The minimum atomic E-state index is 0.317. The molecular formula is C10H15ClN4O. The summed E-state index contributed by atoms with van der Waals surface area (Å²) in [7, 11) is 1.53. The molecule has 1 aliphatic rings. The van der Waals surface area contributed by atoms with E-state index in [1.54, 1.807) is 0 Å². The van der Waals surface area contributed by atoms with E-state index >= 15 is 0 Å². The van der Waals surface area contributed by atoms with Gasteiger partial charge in [0.2, 0.25) is 0 Å². The van der Waals surface area contributed by atoms with Crippen molar-refractivity contribution in [3.05, 3.63) is 11.2 Å². The topological polar surface area (TPSA) is 73.1 Å². The third kappa shape index (κ3) is 2.54. The highest BCUT2D eigenvalue weighted by molar-refractivity contribution is 6.32. The molecule has 6 heteroatoms. The van der Waals surface area contributed by atoms with Gasteiger partial charge in [0.05, 0.1) is 13.3 Å². The van der Waals surface area contributed by atoms with Gasteiger partial charge in [0, 0.05) is 12.6 Å². The summed E-state index contributed by atoms with van der Waals surface area (Å²) in [5.74, 6) is 1.24. The highest BCUT2D eigenvalue weighted by atomic mass is 35.5. The lowest BCUT2D eigenvalue weighted by Crippen LogP contribution is -2.39. The first kappa shape index (κ1) is 11.4. The second-order valence-electron chi connectivity index (χ2n) is 4.03. The molecule has 1 aliphatic carbocycles. The molecule has 0 saturated heterocycles. The van der Waals surface area contributed by atoms with Crippen molar-refractivity contribution in [3.8, 4) is 6.01 Å². The number of rotatable bonds is 4. The molecule has 0 bridgehead atoms. The van der Waals surface area contributed by atoms with Crippen LogP contribution in [0.4, 0.5) is 5.82 Å². The number of halogens is 1. The van der Waals surface area contributed by atoms with Crippen LogP contribution in [0.1, 0.15) is 12.8 Å². The number of anilines is 1. The minimum Gasteiger partial charge on any atom is -0.467 e. The van der Waals surface area contributed by atoms with Gasteiger partial charge in [-0.05, 0) is 18.8 Å². The maximum absolute atomic E-state index is 5.96. The van der Waals surface area contributed by atoms with Crippen LogP contribution in [0.2, 0.25) is 5.02 Å². The average Bonchev–Trinajstić information content (AvgIpc) is 2.25. The molecule has 3 N–H and O–H groups in total. The standard InChI is InChI=1S/C10H15ClN4O/c1-16-10-14-5-8(11)9(15-10)13-4-6-2-7(12)3-6/h5-7H,2-4,12H2,1H3,(H,13,14,15). The van der Waals surface area contributed by atoms with Crippen molar-refractivity contribution in [2.45, 2.75) is 18.9 Å². The number of nitrogens with one attached hydrogen (secondary N) is 1. The van der Waals surface area contributed by atoms with E-state index < -0.39 is 0 Å². The number of nitrogens with two attached hydrogens (primary N) is 1. The summed E-state index contributed by atoms with van der Waals surface area (Å²) in [6.45, 7) is 0.841. The first-order chi connectivity index (χ1) is 7.69. The van der Waals surface area contributed by atoms with Crippen LogP contribution < -0.4 is 15.8 Å². The number of aromatic nitrogens is 2. The molecule has 1 fully saturated rings. The summed E-state index contributed by atoms with van der Waals surface area (Å²) < 4.78 is 4.93. The summed E-state index contributed by atoms with van der Waals surface area (Å²) in [4.78, 5) is 8.04. The van der Waals surface area contributed by atoms with E-state index in [2.05, 4.69) is 15.3 Å². The molecule has 0 aromatic carbocycles. The smallest absolute Gasteiger partial charge is 0.318 e. The van der Waals surface area contributed by atoms with Gasteiger partial charge in [-0.15, -0.1) is 0 Å². The number of ether oxygens (including phenoxy) is 1. The third-order valence-corrected chi connectivity index (χ3v) is 3.01. The number of nitrogens with zero attached hydrogens (tertiary/aromatic N) is 2. The Hall–Kier alpha value is -1.07. The fourth-order valence-electron chi connectivity index (χ4n) is 1.77. The summed E-state index contributed by atoms with van der Waals surface area (Å²) >= 11 is 5.96. The number of hydrogen-bond acceptors (Lipinski definition) is 5. The van der Waals surface area contributed by atoms with Crippen LogP contribution in [-0.2, 0) is 0 Å². The van der Waals surface area contributed by atoms with Gasteiger partial charge in [-0.2, -0.15) is 4.98 Å². The van der Waals surface area contributed by atoms with E-state index in [-0.39, 0.29) is 0 Å². The molecule has 0 aliphatic heterocycles. The van der Waals surface area contributed by atoms with E-state index in [1.807, 2.05) is 0 Å². The summed E-state index contributed by atoms with van der Waals surface area (Å²) in [6, 6.07) is 0.680. The van der Waals surface area contributed by atoms with Crippen LogP contribution in [0.3, 0.4) is 0 Å². The molecule has 1 saturated carbocycles. The Labute approximate surface area is 99.4 Å². The second-order valence-corrected chi connectivity index (χ2v) is 4.44. The molecule has 0 spiro atoms. The van der Waals surface area contributed by atoms with Crippen molar-refractivity contribution < 1.29 is 4.74 Å². The van der Waals surface area contributed by atoms with Crippen LogP contribution in [0, 0.1) is 5.92 Å². The lowest BCUT2D eigenvalue weighted by atomic mass is 9.81. The molecular weight excluding hydrogens is 228 g/mol. The lowest BCUT2D eigenvalue weighted by molar-refractivity contribution is 0.279. The lowest BCUT2D eigenvalue weighted by Gasteiger charge is -2.32. The monoisotopic (exact) mass is 242 g/mol. The molecule has 0 unspecified atom stereocenters. The molecule has 1 aromatic rings. The first-order valence-electron chi connectivity index (χ1n) is 5.25. The maximum atomic E-state index is 5.96. The van der Waals surface area contributed by atoms with Gasteiger partial charge < -0.3 is 15.8 Å². The van der Waals surface area contributed by atoms with Crippen molar-refractivity contribution in [1.29, 1.82) is 0 Å². The van der Waals surface area contributed by atoms with Crippen molar-refractivity contribution in [2.24, 2.45) is 11.7 Å². The van der Waals surface area contributed by atoms with Gasteiger partial charge in [0.25, 0.3) is 0 Å². The fraction of sp³-hybridized carbons (Fsp3) is 0.600. The van der Waals surface area contributed by atoms with Gasteiger partial charge >= 0.3 is 6.01 Å². The van der Waals surface area contributed by atoms with Gasteiger partial charge in [-0.25, -0.2) is 4.98 Å². The largest absolute Gasteiger partial charge is 0.467 e. The molecule has 1 aromatic heterocycles. The number of hydrogen-bond donors (Lipinski definition) is 2. The second kappa shape index (κ2) is 4.84. The highest BCUT2D eigenvalue weighted by Gasteiger charge is 2.25. The molecule has 5 nitrogen and oxygen atoms in total. The van der Waals surface area contributed by atoms with Gasteiger partial charge in [0.15, 0.2) is 5.82 Å². The van der Waals surface area contributed by atoms with Crippen LogP contribution >= 0.6 is 11.6 Å². The number of methoxy groups -OCH3 is 1. The predicted molar refractivity (Wildman–Crippen MR) is 62.8 cm³/mol. The summed E-state index contributed by atoms with van der Waals surface area (Å²) in [5, 5.41) is 3.70. The Morgan fingerprint density at radius 2 is 2.38 bits per heavy atom. The van der Waals surface area contributed by atoms with Gasteiger partial charge in [-0.1, -0.05) is 11.6 Å². The van der Waals surface area contributed by atoms with Gasteiger partial charge in [-0.3, -0.25) is 0 Å². The zero-order valence-corrected chi connectivity index (χ0v) is 9.87. The predicted octanol–water partition coefficient (Wildman–Crippen LogP) is 1.29. The molecule has 2 rings (SSSR count). The highest BCUT2D eigenvalue weighted by Crippen LogP contribution is 2.27. The first-order valence-corrected chi connectivity index (χ1v) is 5.63. The Balaban J connectivity index is 1.92. The van der Waals surface area contributed by atoms with Crippen molar-refractivity contribution in [3.63, 3.8) is 0 Å². The van der Waals surface area contributed by atoms with Crippen LogP contribution in [-0.4, -0.2) is 29.7 Å². The SMILES string of the molecule is COc1ncc(Cl)c(NCC2CC(N)C2)n1. The van der Waals surface area contributed by atoms with Crippen LogP contribution in [0.25, 0.3) is 0 Å². The quantitative estimate of drug-likeness (QED) is 0.832. The van der Waals surface area contributed by atoms with Crippen molar-refractivity contribution in [2.75, 3.05) is 19.0 Å². The van der Waals surface area contributed by atoms with Crippen molar-refractivity contribution >= 4 is 17.4 Å². The Morgan fingerprint density at radius 3 is 3.00 bits per heavy atom. The molecule has 1 heterocycles. The van der Waals surface area contributed by atoms with E-state index in [0.717, 1.165) is 19.4 Å². The van der Waals surface area contributed by atoms with Crippen LogP contribution in [0.15, 0.2) is 6.20 Å². The molecule has 0 amide bonds. The summed E-state index contributed by atoms with van der Waals surface area (Å²) in [6.07, 6.45) is 3.65. The molecule has 16 heavy (non-hydrogen) atoms. The van der Waals surface area contributed by atoms with Crippen LogP contribution in [0.5, 0.6) is 6.01 Å². The Morgan fingerprint density at radius 1 is 1.62 bits per heavy atom. The zero-order chi connectivity index (χ0) is 11.5. The normalized spacial score (nSPS) is 23.7. The van der Waals surface area contributed by atoms with E-state index in [0.29, 0.717) is 28.8 Å². The van der Waals surface area contributed by atoms with E-state index in [4.69, 9.17) is 22.1 Å². The minimum absolute atomic E-state index is 0.317. The Kier molecular flexibility index (Phi) is 3.46. The Bertz CT molecular complexity index is 368. The average molecular weight is 243 g/mol. The molecule has 0 radical (unpaired) electrons. The fourth-order valence-corrected chi connectivity index (χ4v) is 1.93. The van der Waals surface area contributed by atoms with Gasteiger partial charge in [0.1, 0.15) is 5.02 Å². The third-order valence-electron chi connectivity index (χ3n) is 2.73. The maximum Gasteiger partial charge on any atom is 0.318 e. The van der Waals surface area contributed by atoms with E-state index in [9.17, 15) is 0 Å². The zero-order valence-electron chi connectivity index (χ0n) is 9.11. The molecule has 0 atom stereocenters. The van der Waals surface area contributed by atoms with E-state index in [1.165, 1.54) is 13.3 Å². The van der Waals surface area contributed by atoms with Crippen molar-refractivity contribution in [1.82, 2.24) is 9.97 Å². The summed E-state index contributed by atoms with van der Waals surface area (Å²) in [5.41, 5.74) is 5.71.